The second-order valence-corrected chi connectivity index (χ2v) is 4.69. The first-order valence-corrected chi connectivity index (χ1v) is 6.46. The summed E-state index contributed by atoms with van der Waals surface area (Å²) >= 11 is 0. The van der Waals surface area contributed by atoms with Crippen molar-refractivity contribution in [3.63, 3.8) is 0 Å². The first kappa shape index (κ1) is 13.5. The molecule has 0 aliphatic rings. The lowest BCUT2D eigenvalue weighted by Gasteiger charge is -2.08. The molecular formula is C13H19N5O. The van der Waals surface area contributed by atoms with Gasteiger partial charge in [-0.2, -0.15) is 0 Å². The molecule has 1 atom stereocenters. The molecule has 6 nitrogen and oxygen atoms in total. The Labute approximate surface area is 112 Å². The molecule has 0 saturated heterocycles. The van der Waals surface area contributed by atoms with E-state index in [1.54, 1.807) is 0 Å². The lowest BCUT2D eigenvalue weighted by atomic mass is 10.1. The Morgan fingerprint density at radius 2 is 2.32 bits per heavy atom. The number of nitrogens with zero attached hydrogens (tertiary/aromatic N) is 3. The van der Waals surface area contributed by atoms with Crippen molar-refractivity contribution >= 4 is 11.6 Å². The van der Waals surface area contributed by atoms with Gasteiger partial charge in [0.1, 0.15) is 5.82 Å². The third kappa shape index (κ3) is 3.51. The van der Waals surface area contributed by atoms with Crippen LogP contribution in [-0.4, -0.2) is 33.6 Å². The number of carbonyl (C=O) groups excluding carboxylic acids is 1. The van der Waals surface area contributed by atoms with E-state index < -0.39 is 0 Å². The molecule has 2 aromatic heterocycles. The molecule has 0 fully saturated rings. The van der Waals surface area contributed by atoms with E-state index in [1.165, 1.54) is 0 Å². The third-order valence-electron chi connectivity index (χ3n) is 2.99. The minimum Gasteiger partial charge on any atom is -0.356 e. The molecule has 0 bridgehead atoms. The molecule has 6 heteroatoms. The van der Waals surface area contributed by atoms with E-state index in [9.17, 15) is 4.79 Å². The minimum absolute atomic E-state index is 0.0340. The van der Waals surface area contributed by atoms with Crippen LogP contribution in [0.1, 0.15) is 19.2 Å². The fourth-order valence-corrected chi connectivity index (χ4v) is 1.85. The largest absolute Gasteiger partial charge is 0.356 e. The molecule has 19 heavy (non-hydrogen) atoms. The second kappa shape index (κ2) is 6.29. The van der Waals surface area contributed by atoms with Crippen LogP contribution in [0.3, 0.4) is 0 Å². The highest BCUT2D eigenvalue weighted by atomic mass is 16.1. The molecule has 2 heterocycles. The van der Waals surface area contributed by atoms with Gasteiger partial charge in [0.2, 0.25) is 5.91 Å². The van der Waals surface area contributed by atoms with E-state index in [4.69, 9.17) is 5.73 Å². The summed E-state index contributed by atoms with van der Waals surface area (Å²) < 4.78 is 1.93. The van der Waals surface area contributed by atoms with E-state index in [1.807, 2.05) is 35.7 Å². The molecular weight excluding hydrogens is 242 g/mol. The standard InChI is InChI=1S/C13H19N5O/c1-10(9-14)8-13(19)15-6-5-12-17-16-11-4-2-3-7-18(11)12/h2-4,7,10H,5-6,8-9,14H2,1H3,(H,15,19). The van der Waals surface area contributed by atoms with Gasteiger partial charge in [0.25, 0.3) is 0 Å². The zero-order valence-corrected chi connectivity index (χ0v) is 11.0. The summed E-state index contributed by atoms with van der Waals surface area (Å²) in [6.07, 6.45) is 3.05. The smallest absolute Gasteiger partial charge is 0.220 e. The van der Waals surface area contributed by atoms with Gasteiger partial charge in [-0.3, -0.25) is 9.20 Å². The number of hydrogen-bond acceptors (Lipinski definition) is 4. The minimum atomic E-state index is 0.0340. The average molecular weight is 261 g/mol. The first-order valence-electron chi connectivity index (χ1n) is 6.46. The van der Waals surface area contributed by atoms with E-state index >= 15 is 0 Å². The molecule has 1 amide bonds. The van der Waals surface area contributed by atoms with Crippen LogP contribution >= 0.6 is 0 Å². The highest BCUT2D eigenvalue weighted by Crippen LogP contribution is 2.03. The number of nitrogens with one attached hydrogen (secondary N) is 1. The van der Waals surface area contributed by atoms with Crippen molar-refractivity contribution in [1.82, 2.24) is 19.9 Å². The zero-order chi connectivity index (χ0) is 13.7. The molecule has 102 valence electrons. The van der Waals surface area contributed by atoms with Gasteiger partial charge in [0.05, 0.1) is 0 Å². The fraction of sp³-hybridized carbons (Fsp3) is 0.462. The molecule has 0 spiro atoms. The molecule has 0 radical (unpaired) electrons. The number of rotatable bonds is 6. The van der Waals surface area contributed by atoms with Crippen LogP contribution in [0.25, 0.3) is 5.65 Å². The molecule has 0 saturated carbocycles. The number of carbonyl (C=O) groups is 1. The molecule has 2 aromatic rings. The van der Waals surface area contributed by atoms with Gasteiger partial charge in [-0.05, 0) is 24.6 Å². The Balaban J connectivity index is 1.84. The summed E-state index contributed by atoms with van der Waals surface area (Å²) in [6.45, 7) is 3.06. The molecule has 1 unspecified atom stereocenters. The first-order chi connectivity index (χ1) is 9.20. The molecule has 0 aliphatic heterocycles. The van der Waals surface area contributed by atoms with Gasteiger partial charge in [-0.1, -0.05) is 13.0 Å². The van der Waals surface area contributed by atoms with Crippen molar-refractivity contribution in [2.24, 2.45) is 11.7 Å². The Kier molecular flexibility index (Phi) is 4.46. The van der Waals surface area contributed by atoms with Gasteiger partial charge >= 0.3 is 0 Å². The van der Waals surface area contributed by atoms with Crippen LogP contribution in [0.5, 0.6) is 0 Å². The van der Waals surface area contributed by atoms with E-state index in [0.29, 0.717) is 25.9 Å². The van der Waals surface area contributed by atoms with Crippen molar-refractivity contribution < 1.29 is 4.79 Å². The van der Waals surface area contributed by atoms with Crippen LogP contribution in [0.4, 0.5) is 0 Å². The third-order valence-corrected chi connectivity index (χ3v) is 2.99. The van der Waals surface area contributed by atoms with Crippen LogP contribution in [-0.2, 0) is 11.2 Å². The monoisotopic (exact) mass is 261 g/mol. The number of nitrogens with two attached hydrogens (primary N) is 1. The van der Waals surface area contributed by atoms with Gasteiger partial charge in [0.15, 0.2) is 5.65 Å². The number of hydrogen-bond donors (Lipinski definition) is 2. The quantitative estimate of drug-likeness (QED) is 0.787. The highest BCUT2D eigenvalue weighted by molar-refractivity contribution is 5.76. The second-order valence-electron chi connectivity index (χ2n) is 4.69. The number of pyridine rings is 1. The maximum absolute atomic E-state index is 11.6. The van der Waals surface area contributed by atoms with Gasteiger partial charge in [-0.15, -0.1) is 10.2 Å². The van der Waals surface area contributed by atoms with Crippen molar-refractivity contribution in [3.05, 3.63) is 30.2 Å². The fourth-order valence-electron chi connectivity index (χ4n) is 1.85. The molecule has 0 aliphatic carbocycles. The van der Waals surface area contributed by atoms with Crippen LogP contribution in [0.2, 0.25) is 0 Å². The summed E-state index contributed by atoms with van der Waals surface area (Å²) in [7, 11) is 0. The highest BCUT2D eigenvalue weighted by Gasteiger charge is 2.08. The Morgan fingerprint density at radius 1 is 1.47 bits per heavy atom. The molecule has 2 rings (SSSR count). The van der Waals surface area contributed by atoms with E-state index in [-0.39, 0.29) is 11.8 Å². The van der Waals surface area contributed by atoms with Crippen LogP contribution in [0.15, 0.2) is 24.4 Å². The molecule has 3 N–H and O–H groups in total. The summed E-state index contributed by atoms with van der Waals surface area (Å²) in [6, 6.07) is 5.75. The Hall–Kier alpha value is -1.95. The summed E-state index contributed by atoms with van der Waals surface area (Å²) in [5, 5.41) is 11.0. The summed E-state index contributed by atoms with van der Waals surface area (Å²) in [4.78, 5) is 11.6. The molecule has 0 aromatic carbocycles. The van der Waals surface area contributed by atoms with Crippen molar-refractivity contribution in [2.75, 3.05) is 13.1 Å². The van der Waals surface area contributed by atoms with Gasteiger partial charge in [-0.25, -0.2) is 0 Å². The van der Waals surface area contributed by atoms with Crippen LogP contribution < -0.4 is 11.1 Å². The SMILES string of the molecule is CC(CN)CC(=O)NCCc1nnc2ccccn12. The maximum Gasteiger partial charge on any atom is 0.220 e. The topological polar surface area (TPSA) is 85.3 Å². The lowest BCUT2D eigenvalue weighted by molar-refractivity contribution is -0.121. The number of aromatic nitrogens is 3. The predicted octanol–water partition coefficient (Wildman–Crippen LogP) is 0.373. The maximum atomic E-state index is 11.6. The average Bonchev–Trinajstić information content (AvgIpc) is 2.82. The normalized spacial score (nSPS) is 12.5. The Morgan fingerprint density at radius 3 is 3.11 bits per heavy atom. The summed E-state index contributed by atoms with van der Waals surface area (Å²) in [5.74, 6) is 1.10. The van der Waals surface area contributed by atoms with E-state index in [0.717, 1.165) is 11.5 Å². The van der Waals surface area contributed by atoms with E-state index in [2.05, 4.69) is 15.5 Å². The number of amides is 1. The van der Waals surface area contributed by atoms with Gasteiger partial charge < -0.3 is 11.1 Å². The summed E-state index contributed by atoms with van der Waals surface area (Å²) in [5.41, 5.74) is 6.31. The zero-order valence-electron chi connectivity index (χ0n) is 11.0. The Bertz CT molecular complexity index is 551. The van der Waals surface area contributed by atoms with Gasteiger partial charge in [0, 0.05) is 25.6 Å². The van der Waals surface area contributed by atoms with Crippen molar-refractivity contribution in [2.45, 2.75) is 19.8 Å². The predicted molar refractivity (Wildman–Crippen MR) is 72.5 cm³/mol. The number of fused-ring (bicyclic) bond motifs is 1. The van der Waals surface area contributed by atoms with Crippen LogP contribution in [0, 0.1) is 5.92 Å². The van der Waals surface area contributed by atoms with Crippen molar-refractivity contribution in [3.8, 4) is 0 Å². The van der Waals surface area contributed by atoms with Crippen molar-refractivity contribution in [1.29, 1.82) is 0 Å². The lowest BCUT2D eigenvalue weighted by Crippen LogP contribution is -2.29.